The van der Waals surface area contributed by atoms with Gasteiger partial charge >= 0.3 is 0 Å². The third kappa shape index (κ3) is 2.87. The van der Waals surface area contributed by atoms with E-state index in [0.29, 0.717) is 10.7 Å². The first kappa shape index (κ1) is 10.8. The Morgan fingerprint density at radius 3 is 2.64 bits per heavy atom. The van der Waals surface area contributed by atoms with Gasteiger partial charge in [-0.1, -0.05) is 23.7 Å². The topological polar surface area (TPSA) is 44.6 Å². The van der Waals surface area contributed by atoms with Gasteiger partial charge in [0.25, 0.3) is 0 Å². The Morgan fingerprint density at radius 1 is 1.50 bits per heavy atom. The zero-order chi connectivity index (χ0) is 10.4. The molecule has 0 heterocycles. The van der Waals surface area contributed by atoms with Gasteiger partial charge < -0.3 is 10.4 Å². The van der Waals surface area contributed by atoms with Crippen LogP contribution >= 0.6 is 11.6 Å². The van der Waals surface area contributed by atoms with E-state index in [1.165, 1.54) is 0 Å². The van der Waals surface area contributed by atoms with E-state index in [1.54, 1.807) is 18.3 Å². The molecule has 0 saturated heterocycles. The number of hydrogen-bond acceptors (Lipinski definition) is 3. The highest BCUT2D eigenvalue weighted by molar-refractivity contribution is 6.30. The number of halogens is 1. The SMILES string of the molecule is C=N/C(=C\NCO)c1ccc(Cl)cc1. The van der Waals surface area contributed by atoms with Gasteiger partial charge in [-0.05, 0) is 18.9 Å². The third-order valence-corrected chi connectivity index (χ3v) is 1.89. The molecule has 14 heavy (non-hydrogen) atoms. The summed E-state index contributed by atoms with van der Waals surface area (Å²) in [6.45, 7) is 3.31. The molecule has 0 unspecified atom stereocenters. The van der Waals surface area contributed by atoms with Crippen molar-refractivity contribution in [3.63, 3.8) is 0 Å². The molecule has 74 valence electrons. The van der Waals surface area contributed by atoms with Crippen molar-refractivity contribution in [1.29, 1.82) is 0 Å². The molecule has 0 aliphatic heterocycles. The molecule has 0 atom stereocenters. The van der Waals surface area contributed by atoms with Gasteiger partial charge in [0.15, 0.2) is 0 Å². The highest BCUT2D eigenvalue weighted by Gasteiger charge is 1.97. The molecule has 1 rings (SSSR count). The minimum absolute atomic E-state index is 0.132. The predicted octanol–water partition coefficient (Wildman–Crippen LogP) is 1.88. The van der Waals surface area contributed by atoms with Crippen LogP contribution in [0.25, 0.3) is 5.70 Å². The summed E-state index contributed by atoms with van der Waals surface area (Å²) in [6, 6.07) is 7.22. The van der Waals surface area contributed by atoms with Crippen LogP contribution in [0.3, 0.4) is 0 Å². The second-order valence-electron chi connectivity index (χ2n) is 2.56. The van der Waals surface area contributed by atoms with Crippen LogP contribution in [0.5, 0.6) is 0 Å². The lowest BCUT2D eigenvalue weighted by atomic mass is 10.2. The minimum Gasteiger partial charge on any atom is -0.377 e. The number of aliphatic hydroxyl groups excluding tert-OH is 1. The standard InChI is InChI=1S/C10H11ClN2O/c1-12-10(6-13-7-14)8-2-4-9(11)5-3-8/h2-6,13-14H,1,7H2/b10-6-. The van der Waals surface area contributed by atoms with Gasteiger partial charge in [-0.15, -0.1) is 0 Å². The Hall–Kier alpha value is -1.32. The van der Waals surface area contributed by atoms with Crippen LogP contribution in [0, 0.1) is 0 Å². The van der Waals surface area contributed by atoms with E-state index in [1.807, 2.05) is 12.1 Å². The fourth-order valence-corrected chi connectivity index (χ4v) is 1.11. The van der Waals surface area contributed by atoms with Crippen molar-refractivity contribution in [2.45, 2.75) is 0 Å². The Morgan fingerprint density at radius 2 is 2.14 bits per heavy atom. The average Bonchev–Trinajstić information content (AvgIpc) is 2.21. The highest BCUT2D eigenvalue weighted by atomic mass is 35.5. The number of aliphatic hydroxyl groups is 1. The molecule has 0 amide bonds. The molecule has 1 aromatic rings. The molecule has 0 saturated carbocycles. The molecule has 0 bridgehead atoms. The van der Waals surface area contributed by atoms with Crippen LogP contribution in [-0.4, -0.2) is 18.6 Å². The summed E-state index contributed by atoms with van der Waals surface area (Å²) in [4.78, 5) is 3.82. The lowest BCUT2D eigenvalue weighted by Crippen LogP contribution is -2.05. The predicted molar refractivity (Wildman–Crippen MR) is 59.2 cm³/mol. The van der Waals surface area contributed by atoms with E-state index in [-0.39, 0.29) is 6.73 Å². The molecule has 3 nitrogen and oxygen atoms in total. The maximum atomic E-state index is 8.56. The fourth-order valence-electron chi connectivity index (χ4n) is 0.983. The monoisotopic (exact) mass is 210 g/mol. The molecule has 0 aromatic heterocycles. The van der Waals surface area contributed by atoms with Gasteiger partial charge in [0.05, 0.1) is 5.70 Å². The first-order valence-electron chi connectivity index (χ1n) is 4.05. The normalized spacial score (nSPS) is 11.1. The molecular formula is C10H11ClN2O. The van der Waals surface area contributed by atoms with Crippen molar-refractivity contribution < 1.29 is 5.11 Å². The molecule has 0 aliphatic rings. The van der Waals surface area contributed by atoms with Crippen LogP contribution < -0.4 is 5.32 Å². The second kappa shape index (κ2) is 5.42. The molecule has 2 N–H and O–H groups in total. The van der Waals surface area contributed by atoms with E-state index in [4.69, 9.17) is 16.7 Å². The lowest BCUT2D eigenvalue weighted by Gasteiger charge is -2.02. The smallest absolute Gasteiger partial charge is 0.112 e. The van der Waals surface area contributed by atoms with Crippen molar-refractivity contribution in [2.24, 2.45) is 4.99 Å². The van der Waals surface area contributed by atoms with Crippen molar-refractivity contribution in [3.05, 3.63) is 41.1 Å². The van der Waals surface area contributed by atoms with Gasteiger partial charge in [-0.25, -0.2) is 0 Å². The van der Waals surface area contributed by atoms with Crippen molar-refractivity contribution in [1.82, 2.24) is 5.32 Å². The van der Waals surface area contributed by atoms with E-state index < -0.39 is 0 Å². The number of aliphatic imine (C=N–C) groups is 1. The summed E-state index contributed by atoms with van der Waals surface area (Å²) in [5.41, 5.74) is 1.56. The summed E-state index contributed by atoms with van der Waals surface area (Å²) in [5.74, 6) is 0. The zero-order valence-corrected chi connectivity index (χ0v) is 8.33. The van der Waals surface area contributed by atoms with Gasteiger partial charge in [-0.2, -0.15) is 0 Å². The lowest BCUT2D eigenvalue weighted by molar-refractivity contribution is 0.280. The minimum atomic E-state index is -0.132. The Labute approximate surface area is 87.7 Å². The summed E-state index contributed by atoms with van der Waals surface area (Å²) in [7, 11) is 0. The van der Waals surface area contributed by atoms with Crippen LogP contribution in [0.1, 0.15) is 5.56 Å². The fraction of sp³-hybridized carbons (Fsp3) is 0.100. The maximum Gasteiger partial charge on any atom is 0.112 e. The number of nitrogens with one attached hydrogen (secondary N) is 1. The number of benzene rings is 1. The van der Waals surface area contributed by atoms with Crippen molar-refractivity contribution >= 4 is 24.0 Å². The maximum absolute atomic E-state index is 8.56. The molecule has 0 spiro atoms. The first-order chi connectivity index (χ1) is 6.77. The molecule has 1 aromatic carbocycles. The molecule has 0 radical (unpaired) electrons. The second-order valence-corrected chi connectivity index (χ2v) is 2.99. The van der Waals surface area contributed by atoms with E-state index in [0.717, 1.165) is 5.56 Å². The summed E-state index contributed by atoms with van der Waals surface area (Å²) >= 11 is 5.74. The van der Waals surface area contributed by atoms with Gasteiger partial charge in [0.1, 0.15) is 6.73 Å². The molecular weight excluding hydrogens is 200 g/mol. The van der Waals surface area contributed by atoms with Crippen molar-refractivity contribution in [3.8, 4) is 0 Å². The summed E-state index contributed by atoms with van der Waals surface area (Å²) in [6.07, 6.45) is 1.59. The van der Waals surface area contributed by atoms with Crippen LogP contribution in [0.2, 0.25) is 5.02 Å². The first-order valence-corrected chi connectivity index (χ1v) is 4.43. The molecule has 0 fully saturated rings. The molecule has 4 heteroatoms. The van der Waals surface area contributed by atoms with E-state index in [2.05, 4.69) is 17.0 Å². The van der Waals surface area contributed by atoms with Crippen LogP contribution in [0.4, 0.5) is 0 Å². The largest absolute Gasteiger partial charge is 0.377 e. The number of nitrogens with zero attached hydrogens (tertiary/aromatic N) is 1. The highest BCUT2D eigenvalue weighted by Crippen LogP contribution is 2.17. The molecule has 0 aliphatic carbocycles. The van der Waals surface area contributed by atoms with Crippen LogP contribution in [0.15, 0.2) is 35.5 Å². The van der Waals surface area contributed by atoms with Crippen LogP contribution in [-0.2, 0) is 0 Å². The quantitative estimate of drug-likeness (QED) is 0.589. The third-order valence-electron chi connectivity index (χ3n) is 1.64. The number of rotatable bonds is 4. The summed E-state index contributed by atoms with van der Waals surface area (Å²) in [5, 5.41) is 11.9. The van der Waals surface area contributed by atoms with Gasteiger partial charge in [0, 0.05) is 16.8 Å². The number of hydrogen-bond donors (Lipinski definition) is 2. The van der Waals surface area contributed by atoms with Gasteiger partial charge in [0.2, 0.25) is 0 Å². The van der Waals surface area contributed by atoms with Gasteiger partial charge in [-0.3, -0.25) is 4.99 Å². The average molecular weight is 211 g/mol. The zero-order valence-electron chi connectivity index (χ0n) is 7.57. The van der Waals surface area contributed by atoms with Crippen molar-refractivity contribution in [2.75, 3.05) is 6.73 Å². The Balaban J connectivity index is 2.89. The Bertz CT molecular complexity index is 332. The summed E-state index contributed by atoms with van der Waals surface area (Å²) < 4.78 is 0. The Kier molecular flexibility index (Phi) is 4.16. The van der Waals surface area contributed by atoms with E-state index in [9.17, 15) is 0 Å². The van der Waals surface area contributed by atoms with E-state index >= 15 is 0 Å².